The lowest BCUT2D eigenvalue weighted by molar-refractivity contribution is -0.222. The Morgan fingerprint density at radius 2 is 1.88 bits per heavy atom. The maximum absolute atomic E-state index is 13.5. The van der Waals surface area contributed by atoms with Gasteiger partial charge in [0.25, 0.3) is 5.79 Å². The van der Waals surface area contributed by atoms with Crippen molar-refractivity contribution in [2.45, 2.75) is 26.1 Å². The molecule has 1 fully saturated rings. The summed E-state index contributed by atoms with van der Waals surface area (Å²) in [4.78, 5) is 23.8. The molecular formula is C17H20FNO6. The van der Waals surface area contributed by atoms with Gasteiger partial charge in [0.2, 0.25) is 0 Å². The van der Waals surface area contributed by atoms with Crippen LogP contribution in [-0.2, 0) is 23.8 Å². The minimum Gasteiger partial charge on any atom is -0.491 e. The highest BCUT2D eigenvalue weighted by Gasteiger charge is 2.38. The average Bonchev–Trinajstić information content (AvgIpc) is 2.51. The number of hydrogen-bond donors (Lipinski definition) is 1. The van der Waals surface area contributed by atoms with Crippen LogP contribution >= 0.6 is 0 Å². The van der Waals surface area contributed by atoms with Crippen molar-refractivity contribution >= 4 is 17.6 Å². The first-order chi connectivity index (χ1) is 11.8. The second kappa shape index (κ2) is 7.98. The third kappa shape index (κ3) is 5.18. The van der Waals surface area contributed by atoms with E-state index in [4.69, 9.17) is 18.9 Å². The van der Waals surface area contributed by atoms with Gasteiger partial charge in [-0.2, -0.15) is 0 Å². The monoisotopic (exact) mass is 353 g/mol. The molecule has 25 heavy (non-hydrogen) atoms. The topological polar surface area (TPSA) is 83.1 Å². The summed E-state index contributed by atoms with van der Waals surface area (Å²) >= 11 is 0. The predicted molar refractivity (Wildman–Crippen MR) is 86.4 cm³/mol. The van der Waals surface area contributed by atoms with Gasteiger partial charge in [-0.05, 0) is 12.1 Å². The molecular weight excluding hydrogens is 333 g/mol. The number of carbonyl (C=O) groups is 2. The number of esters is 2. The smallest absolute Gasteiger partial charge is 0.350 e. The molecule has 1 heterocycles. The van der Waals surface area contributed by atoms with Gasteiger partial charge in [0.1, 0.15) is 11.6 Å². The van der Waals surface area contributed by atoms with Gasteiger partial charge in [0, 0.05) is 46.3 Å². The van der Waals surface area contributed by atoms with Gasteiger partial charge < -0.3 is 24.3 Å². The standard InChI is InChI=1S/C17H20FNO6/c1-17(2)24-15(20)12(16(21)25-17)10-19-13-9-11(18)5-6-14(13)23-8-4-7-22-3/h5-6,9-10,19H,4,7-8H2,1-3H3. The highest BCUT2D eigenvalue weighted by Crippen LogP contribution is 2.27. The first kappa shape index (κ1) is 18.7. The van der Waals surface area contributed by atoms with Crippen LogP contribution in [0, 0.1) is 5.82 Å². The van der Waals surface area contributed by atoms with E-state index >= 15 is 0 Å². The van der Waals surface area contributed by atoms with Gasteiger partial charge in [-0.25, -0.2) is 14.0 Å². The molecule has 0 saturated carbocycles. The highest BCUT2D eigenvalue weighted by molar-refractivity contribution is 6.15. The van der Waals surface area contributed by atoms with Crippen molar-refractivity contribution < 1.29 is 32.9 Å². The molecule has 0 amide bonds. The van der Waals surface area contributed by atoms with Crippen LogP contribution in [-0.4, -0.2) is 38.0 Å². The fraction of sp³-hybridized carbons (Fsp3) is 0.412. The Morgan fingerprint density at radius 3 is 2.52 bits per heavy atom. The SMILES string of the molecule is COCCCOc1ccc(F)cc1NC=C1C(=O)OC(C)(C)OC1=O. The lowest BCUT2D eigenvalue weighted by Crippen LogP contribution is -2.42. The summed E-state index contributed by atoms with van der Waals surface area (Å²) in [5.41, 5.74) is -0.0655. The van der Waals surface area contributed by atoms with E-state index in [0.717, 1.165) is 6.20 Å². The summed E-state index contributed by atoms with van der Waals surface area (Å²) in [5.74, 6) is -3.10. The Bertz CT molecular complexity index is 664. The number of methoxy groups -OCH3 is 1. The van der Waals surface area contributed by atoms with E-state index in [2.05, 4.69) is 5.32 Å². The second-order valence-corrected chi connectivity index (χ2v) is 5.72. The molecule has 1 saturated heterocycles. The normalized spacial score (nSPS) is 16.1. The first-order valence-corrected chi connectivity index (χ1v) is 7.67. The molecule has 0 aromatic heterocycles. The van der Waals surface area contributed by atoms with Crippen LogP contribution in [0.15, 0.2) is 30.0 Å². The van der Waals surface area contributed by atoms with Crippen molar-refractivity contribution in [2.24, 2.45) is 0 Å². The molecule has 0 unspecified atom stereocenters. The number of cyclic esters (lactones) is 2. The molecule has 0 bridgehead atoms. The summed E-state index contributed by atoms with van der Waals surface area (Å²) in [7, 11) is 1.58. The highest BCUT2D eigenvalue weighted by atomic mass is 19.1. The predicted octanol–water partition coefficient (Wildman–Crippen LogP) is 2.37. The maximum atomic E-state index is 13.5. The number of carbonyl (C=O) groups excluding carboxylic acids is 2. The summed E-state index contributed by atoms with van der Waals surface area (Å²) in [6, 6.07) is 3.88. The largest absolute Gasteiger partial charge is 0.491 e. The minimum atomic E-state index is -1.32. The Labute approximate surface area is 144 Å². The summed E-state index contributed by atoms with van der Waals surface area (Å²) < 4.78 is 33.9. The van der Waals surface area contributed by atoms with Gasteiger partial charge in [0.05, 0.1) is 12.3 Å². The van der Waals surface area contributed by atoms with Crippen molar-refractivity contribution in [2.75, 3.05) is 25.6 Å². The lowest BCUT2D eigenvalue weighted by atomic mass is 10.2. The molecule has 1 aliphatic rings. The molecule has 0 atom stereocenters. The lowest BCUT2D eigenvalue weighted by Gasteiger charge is -2.29. The van der Waals surface area contributed by atoms with Gasteiger partial charge in [-0.1, -0.05) is 0 Å². The number of ether oxygens (including phenoxy) is 4. The fourth-order valence-corrected chi connectivity index (χ4v) is 2.05. The Balaban J connectivity index is 2.12. The van der Waals surface area contributed by atoms with Gasteiger partial charge >= 0.3 is 11.9 Å². The quantitative estimate of drug-likeness (QED) is 0.349. The van der Waals surface area contributed by atoms with Gasteiger partial charge in [0.15, 0.2) is 5.57 Å². The number of hydrogen-bond acceptors (Lipinski definition) is 7. The van der Waals surface area contributed by atoms with E-state index < -0.39 is 23.5 Å². The second-order valence-electron chi connectivity index (χ2n) is 5.72. The summed E-state index contributed by atoms with van der Waals surface area (Å²) in [6.45, 7) is 3.79. The van der Waals surface area contributed by atoms with E-state index in [1.54, 1.807) is 7.11 Å². The van der Waals surface area contributed by atoms with E-state index in [1.165, 1.54) is 32.0 Å². The van der Waals surface area contributed by atoms with Crippen LogP contribution < -0.4 is 10.1 Å². The zero-order valence-electron chi connectivity index (χ0n) is 14.3. The maximum Gasteiger partial charge on any atom is 0.350 e. The molecule has 136 valence electrons. The Hall–Kier alpha value is -2.61. The Morgan fingerprint density at radius 1 is 1.20 bits per heavy atom. The fourth-order valence-electron chi connectivity index (χ4n) is 2.05. The summed E-state index contributed by atoms with van der Waals surface area (Å²) in [6.07, 6.45) is 1.76. The Kier molecular flexibility index (Phi) is 5.97. The number of nitrogens with one attached hydrogen (secondary N) is 1. The molecule has 0 spiro atoms. The molecule has 2 rings (SSSR count). The van der Waals surface area contributed by atoms with Crippen molar-refractivity contribution in [3.05, 3.63) is 35.8 Å². The molecule has 1 N–H and O–H groups in total. The van der Waals surface area contributed by atoms with Gasteiger partial charge in [-0.15, -0.1) is 0 Å². The average molecular weight is 353 g/mol. The number of halogens is 1. The number of benzene rings is 1. The van der Waals surface area contributed by atoms with Crippen LogP contribution in [0.25, 0.3) is 0 Å². The van der Waals surface area contributed by atoms with E-state index in [0.29, 0.717) is 25.4 Å². The van der Waals surface area contributed by atoms with Crippen molar-refractivity contribution in [3.63, 3.8) is 0 Å². The van der Waals surface area contributed by atoms with Crippen LogP contribution in [0.1, 0.15) is 20.3 Å². The van der Waals surface area contributed by atoms with E-state index in [9.17, 15) is 14.0 Å². The molecule has 1 aliphatic heterocycles. The third-order valence-corrected chi connectivity index (χ3v) is 3.18. The van der Waals surface area contributed by atoms with Crippen LogP contribution in [0.5, 0.6) is 5.75 Å². The van der Waals surface area contributed by atoms with Crippen molar-refractivity contribution in [1.29, 1.82) is 0 Å². The van der Waals surface area contributed by atoms with Gasteiger partial charge in [-0.3, -0.25) is 0 Å². The summed E-state index contributed by atoms with van der Waals surface area (Å²) in [5, 5.41) is 2.69. The molecule has 7 nitrogen and oxygen atoms in total. The molecule has 8 heteroatoms. The van der Waals surface area contributed by atoms with Crippen LogP contribution in [0.4, 0.5) is 10.1 Å². The zero-order chi connectivity index (χ0) is 18.4. The van der Waals surface area contributed by atoms with Crippen molar-refractivity contribution in [3.8, 4) is 5.75 Å². The molecule has 0 radical (unpaired) electrons. The minimum absolute atomic E-state index is 0.260. The first-order valence-electron chi connectivity index (χ1n) is 7.67. The number of rotatable bonds is 7. The number of anilines is 1. The van der Waals surface area contributed by atoms with Crippen molar-refractivity contribution in [1.82, 2.24) is 0 Å². The third-order valence-electron chi connectivity index (χ3n) is 3.18. The van der Waals surface area contributed by atoms with E-state index in [1.807, 2.05) is 0 Å². The van der Waals surface area contributed by atoms with Crippen LogP contribution in [0.3, 0.4) is 0 Å². The molecule has 1 aromatic rings. The molecule has 1 aromatic carbocycles. The zero-order valence-corrected chi connectivity index (χ0v) is 14.3. The van der Waals surface area contributed by atoms with E-state index in [-0.39, 0.29) is 11.3 Å². The van der Waals surface area contributed by atoms with Crippen LogP contribution in [0.2, 0.25) is 0 Å². The molecule has 0 aliphatic carbocycles.